The molecule has 0 unspecified atom stereocenters. The number of hydrogen-bond donors (Lipinski definition) is 1. The molecule has 1 aromatic carbocycles. The lowest BCUT2D eigenvalue weighted by Gasteiger charge is -1.98. The SMILES string of the molecule is Cl.Cl.Cl.NS(=O)(=O)c1ccccc1[N+](=O)[O-]. The van der Waals surface area contributed by atoms with Crippen molar-refractivity contribution < 1.29 is 13.3 Å². The summed E-state index contributed by atoms with van der Waals surface area (Å²) < 4.78 is 21.7. The highest BCUT2D eigenvalue weighted by atomic mass is 35.5. The molecule has 0 aliphatic carbocycles. The van der Waals surface area contributed by atoms with Gasteiger partial charge in [0, 0.05) is 6.07 Å². The number of nitrogens with two attached hydrogens (primary N) is 1. The molecular formula is C6H9Cl3N2O4S. The molecule has 0 amide bonds. The average molecular weight is 312 g/mol. The third kappa shape index (κ3) is 4.95. The van der Waals surface area contributed by atoms with Crippen LogP contribution < -0.4 is 5.14 Å². The highest BCUT2D eigenvalue weighted by Crippen LogP contribution is 2.20. The summed E-state index contributed by atoms with van der Waals surface area (Å²) in [6.45, 7) is 0. The van der Waals surface area contributed by atoms with Gasteiger partial charge in [0.2, 0.25) is 10.0 Å². The summed E-state index contributed by atoms with van der Waals surface area (Å²) in [5.41, 5.74) is -0.509. The van der Waals surface area contributed by atoms with E-state index >= 15 is 0 Å². The maximum atomic E-state index is 10.8. The molecule has 0 bridgehead atoms. The van der Waals surface area contributed by atoms with Crippen LogP contribution in [0.2, 0.25) is 0 Å². The van der Waals surface area contributed by atoms with E-state index < -0.39 is 25.5 Å². The van der Waals surface area contributed by atoms with Crippen LogP contribution in [0.3, 0.4) is 0 Å². The highest BCUT2D eigenvalue weighted by molar-refractivity contribution is 7.89. The van der Waals surface area contributed by atoms with E-state index in [-0.39, 0.29) is 37.2 Å². The second-order valence-corrected chi connectivity index (χ2v) is 3.80. The van der Waals surface area contributed by atoms with Crippen molar-refractivity contribution in [1.82, 2.24) is 0 Å². The van der Waals surface area contributed by atoms with Gasteiger partial charge in [0.1, 0.15) is 0 Å². The van der Waals surface area contributed by atoms with Crippen LogP contribution in [0.15, 0.2) is 29.2 Å². The minimum absolute atomic E-state index is 0. The van der Waals surface area contributed by atoms with Crippen molar-refractivity contribution in [1.29, 1.82) is 0 Å². The van der Waals surface area contributed by atoms with E-state index in [1.807, 2.05) is 0 Å². The van der Waals surface area contributed by atoms with E-state index in [9.17, 15) is 18.5 Å². The van der Waals surface area contributed by atoms with Gasteiger partial charge in [-0.1, -0.05) is 12.1 Å². The molecule has 0 aromatic heterocycles. The van der Waals surface area contributed by atoms with E-state index in [2.05, 4.69) is 0 Å². The van der Waals surface area contributed by atoms with E-state index in [4.69, 9.17) is 5.14 Å². The summed E-state index contributed by atoms with van der Waals surface area (Å²) >= 11 is 0. The summed E-state index contributed by atoms with van der Waals surface area (Å²) in [5.74, 6) is 0. The second-order valence-electron chi connectivity index (χ2n) is 2.27. The number of sulfonamides is 1. The molecule has 0 saturated heterocycles. The number of halogens is 3. The molecule has 0 aliphatic rings. The van der Waals surface area contributed by atoms with Crippen molar-refractivity contribution in [2.24, 2.45) is 5.14 Å². The Kier molecular flexibility index (Phi) is 9.91. The summed E-state index contributed by atoms with van der Waals surface area (Å²) in [6, 6.07) is 4.91. The molecule has 6 nitrogen and oxygen atoms in total. The van der Waals surface area contributed by atoms with E-state index in [1.165, 1.54) is 12.1 Å². The maximum Gasteiger partial charge on any atom is 0.289 e. The third-order valence-corrected chi connectivity index (χ3v) is 2.33. The molecule has 0 heterocycles. The van der Waals surface area contributed by atoms with Gasteiger partial charge in [-0.25, -0.2) is 13.6 Å². The zero-order chi connectivity index (χ0) is 10.1. The molecule has 1 aromatic rings. The minimum Gasteiger partial charge on any atom is -0.258 e. The molecule has 0 atom stereocenters. The van der Waals surface area contributed by atoms with Gasteiger partial charge in [-0.15, -0.1) is 37.2 Å². The van der Waals surface area contributed by atoms with Gasteiger partial charge in [-0.05, 0) is 6.07 Å². The Morgan fingerprint density at radius 2 is 1.56 bits per heavy atom. The first-order chi connectivity index (χ1) is 5.93. The van der Waals surface area contributed by atoms with Crippen LogP contribution in [-0.2, 0) is 10.0 Å². The average Bonchev–Trinajstić information content (AvgIpc) is 2.03. The summed E-state index contributed by atoms with van der Waals surface area (Å²) in [6.07, 6.45) is 0. The molecule has 94 valence electrons. The van der Waals surface area contributed by atoms with E-state index in [0.717, 1.165) is 12.1 Å². The molecule has 10 heteroatoms. The van der Waals surface area contributed by atoms with Crippen molar-refractivity contribution in [3.8, 4) is 0 Å². The Morgan fingerprint density at radius 1 is 1.12 bits per heavy atom. The van der Waals surface area contributed by atoms with Crippen LogP contribution in [0.5, 0.6) is 0 Å². The number of para-hydroxylation sites is 1. The Balaban J connectivity index is -0.000000563. The zero-order valence-corrected chi connectivity index (χ0v) is 10.9. The predicted octanol–water partition coefficient (Wildman–Crippen LogP) is 1.51. The van der Waals surface area contributed by atoms with Gasteiger partial charge in [-0.2, -0.15) is 0 Å². The number of nitro benzene ring substituents is 1. The quantitative estimate of drug-likeness (QED) is 0.660. The second kappa shape index (κ2) is 7.64. The van der Waals surface area contributed by atoms with Crippen LogP contribution in [0.4, 0.5) is 5.69 Å². The monoisotopic (exact) mass is 310 g/mol. The van der Waals surface area contributed by atoms with Gasteiger partial charge in [0.15, 0.2) is 4.90 Å². The minimum atomic E-state index is -4.02. The number of hydrogen-bond acceptors (Lipinski definition) is 4. The zero-order valence-electron chi connectivity index (χ0n) is 7.60. The Hall–Kier alpha value is -0.600. The molecule has 0 spiro atoms. The standard InChI is InChI=1S/C6H6N2O4S.3ClH/c7-13(11,12)6-4-2-1-3-5(6)8(9)10;;;/h1-4H,(H2,7,11,12);3*1H. The fraction of sp³-hybridized carbons (Fsp3) is 0. The lowest BCUT2D eigenvalue weighted by Crippen LogP contribution is -2.13. The van der Waals surface area contributed by atoms with E-state index in [0.29, 0.717) is 0 Å². The third-order valence-electron chi connectivity index (χ3n) is 1.37. The van der Waals surface area contributed by atoms with E-state index in [1.54, 1.807) is 0 Å². The number of nitrogens with zero attached hydrogens (tertiary/aromatic N) is 1. The van der Waals surface area contributed by atoms with Crippen LogP contribution in [-0.4, -0.2) is 13.3 Å². The normalized spacial score (nSPS) is 9.06. The molecule has 0 fully saturated rings. The highest BCUT2D eigenvalue weighted by Gasteiger charge is 2.20. The van der Waals surface area contributed by atoms with Crippen molar-refractivity contribution in [2.75, 3.05) is 0 Å². The molecule has 0 saturated carbocycles. The first-order valence-corrected chi connectivity index (χ1v) is 4.74. The summed E-state index contributed by atoms with van der Waals surface area (Å²) in [5, 5.41) is 15.1. The lowest BCUT2D eigenvalue weighted by atomic mass is 10.3. The van der Waals surface area contributed by atoms with Crippen LogP contribution in [0.25, 0.3) is 0 Å². The first-order valence-electron chi connectivity index (χ1n) is 3.19. The number of nitro groups is 1. The Labute approximate surface area is 111 Å². The predicted molar refractivity (Wildman–Crippen MR) is 66.2 cm³/mol. The fourth-order valence-electron chi connectivity index (χ4n) is 0.849. The summed E-state index contributed by atoms with van der Waals surface area (Å²) in [4.78, 5) is 9.09. The lowest BCUT2D eigenvalue weighted by molar-refractivity contribution is -0.387. The summed E-state index contributed by atoms with van der Waals surface area (Å²) in [7, 11) is -4.02. The number of rotatable bonds is 2. The first kappa shape index (κ1) is 20.8. The fourth-order valence-corrected chi connectivity index (χ4v) is 1.55. The molecule has 0 radical (unpaired) electrons. The Bertz CT molecular complexity index is 451. The van der Waals surface area contributed by atoms with Crippen molar-refractivity contribution in [3.05, 3.63) is 34.4 Å². The topological polar surface area (TPSA) is 103 Å². The van der Waals surface area contributed by atoms with Gasteiger partial charge in [-0.3, -0.25) is 10.1 Å². The maximum absolute atomic E-state index is 10.8. The molecule has 16 heavy (non-hydrogen) atoms. The number of primary sulfonamides is 1. The van der Waals surface area contributed by atoms with Crippen molar-refractivity contribution in [2.45, 2.75) is 4.90 Å². The van der Waals surface area contributed by atoms with Gasteiger partial charge >= 0.3 is 0 Å². The smallest absolute Gasteiger partial charge is 0.258 e. The molecule has 2 N–H and O–H groups in total. The van der Waals surface area contributed by atoms with Gasteiger partial charge in [0.25, 0.3) is 5.69 Å². The van der Waals surface area contributed by atoms with Gasteiger partial charge in [0.05, 0.1) is 4.92 Å². The van der Waals surface area contributed by atoms with Crippen molar-refractivity contribution in [3.63, 3.8) is 0 Å². The van der Waals surface area contributed by atoms with Crippen LogP contribution in [0.1, 0.15) is 0 Å². The largest absolute Gasteiger partial charge is 0.289 e. The van der Waals surface area contributed by atoms with Crippen LogP contribution in [0, 0.1) is 10.1 Å². The molecule has 1 rings (SSSR count). The Morgan fingerprint density at radius 3 is 1.88 bits per heavy atom. The van der Waals surface area contributed by atoms with Crippen LogP contribution >= 0.6 is 37.2 Å². The molecule has 0 aliphatic heterocycles. The molecular weight excluding hydrogens is 303 g/mol. The number of benzene rings is 1. The van der Waals surface area contributed by atoms with Crippen molar-refractivity contribution >= 4 is 52.9 Å². The van der Waals surface area contributed by atoms with Gasteiger partial charge < -0.3 is 0 Å².